The Morgan fingerprint density at radius 3 is 2.60 bits per heavy atom. The number of rotatable bonds is 5. The van der Waals surface area contributed by atoms with Crippen LogP contribution < -0.4 is 10.4 Å². The van der Waals surface area contributed by atoms with E-state index in [4.69, 9.17) is 9.15 Å². The third kappa shape index (κ3) is 3.30. The molecule has 1 aliphatic rings. The standard InChI is InChI=1S/C25H24O5/c1-13(2)10-18(26)22-23(28)21-16(15-8-6-5-7-9-15)12-20(27)30-24(21)17-11-19(14(3)4)29-25(17)22/h5-9,12-13,19,28H,3,10-11H2,1-2,4H3. The average molecular weight is 404 g/mol. The van der Waals surface area contributed by atoms with Crippen molar-refractivity contribution in [3.05, 3.63) is 70.1 Å². The Balaban J connectivity index is 2.10. The van der Waals surface area contributed by atoms with Crippen LogP contribution in [-0.4, -0.2) is 17.0 Å². The summed E-state index contributed by atoms with van der Waals surface area (Å²) < 4.78 is 11.6. The molecule has 0 spiro atoms. The van der Waals surface area contributed by atoms with Crippen LogP contribution in [-0.2, 0) is 6.42 Å². The van der Waals surface area contributed by atoms with Crippen molar-refractivity contribution in [3.63, 3.8) is 0 Å². The SMILES string of the molecule is C=C(C)C1Cc2c(c(C(=O)CC(C)C)c(O)c3c(-c4ccccc4)cc(=O)oc23)O1. The molecule has 2 heterocycles. The number of ether oxygens (including phenoxy) is 1. The van der Waals surface area contributed by atoms with Gasteiger partial charge < -0.3 is 14.3 Å². The van der Waals surface area contributed by atoms with E-state index in [1.54, 1.807) is 0 Å². The van der Waals surface area contributed by atoms with E-state index in [1.807, 2.05) is 51.1 Å². The van der Waals surface area contributed by atoms with Gasteiger partial charge in [0.1, 0.15) is 28.7 Å². The maximum atomic E-state index is 13.1. The number of aromatic hydroxyl groups is 1. The van der Waals surface area contributed by atoms with E-state index in [1.165, 1.54) is 6.07 Å². The molecular weight excluding hydrogens is 380 g/mol. The van der Waals surface area contributed by atoms with Gasteiger partial charge in [0.2, 0.25) is 0 Å². The summed E-state index contributed by atoms with van der Waals surface area (Å²) in [6.07, 6.45) is 0.343. The van der Waals surface area contributed by atoms with E-state index in [2.05, 4.69) is 6.58 Å². The highest BCUT2D eigenvalue weighted by molar-refractivity contribution is 6.11. The Morgan fingerprint density at radius 2 is 1.97 bits per heavy atom. The first-order valence-electron chi connectivity index (χ1n) is 10.0. The molecule has 0 radical (unpaired) electrons. The minimum Gasteiger partial charge on any atom is -0.506 e. The van der Waals surface area contributed by atoms with Crippen LogP contribution in [0.2, 0.25) is 0 Å². The first-order chi connectivity index (χ1) is 14.3. The second kappa shape index (κ2) is 7.48. The van der Waals surface area contributed by atoms with Crippen molar-refractivity contribution < 1.29 is 19.1 Å². The molecule has 1 N–H and O–H groups in total. The molecule has 1 aromatic heterocycles. The number of hydrogen-bond donors (Lipinski definition) is 1. The smallest absolute Gasteiger partial charge is 0.336 e. The van der Waals surface area contributed by atoms with Crippen molar-refractivity contribution in [2.75, 3.05) is 0 Å². The van der Waals surface area contributed by atoms with Crippen molar-refractivity contribution in [3.8, 4) is 22.6 Å². The summed E-state index contributed by atoms with van der Waals surface area (Å²) in [5.74, 6) is 0.00323. The van der Waals surface area contributed by atoms with Gasteiger partial charge in [0.05, 0.1) is 5.39 Å². The fraction of sp³-hybridized carbons (Fsp3) is 0.280. The summed E-state index contributed by atoms with van der Waals surface area (Å²) in [5, 5.41) is 11.6. The van der Waals surface area contributed by atoms with E-state index in [9.17, 15) is 14.7 Å². The molecule has 3 aromatic rings. The number of hydrogen-bond acceptors (Lipinski definition) is 5. The maximum Gasteiger partial charge on any atom is 0.336 e. The van der Waals surface area contributed by atoms with Crippen LogP contribution in [0.3, 0.4) is 0 Å². The number of carbonyl (C=O) groups excluding carboxylic acids is 1. The quantitative estimate of drug-likeness (QED) is 0.356. The molecule has 5 nitrogen and oxygen atoms in total. The zero-order valence-electron chi connectivity index (χ0n) is 17.3. The minimum absolute atomic E-state index is 0.115. The second-order valence-corrected chi connectivity index (χ2v) is 8.26. The fourth-order valence-corrected chi connectivity index (χ4v) is 3.96. The van der Waals surface area contributed by atoms with Crippen LogP contribution >= 0.6 is 0 Å². The van der Waals surface area contributed by atoms with Crippen LogP contribution in [0.1, 0.15) is 43.1 Å². The molecule has 0 amide bonds. The largest absolute Gasteiger partial charge is 0.506 e. The molecule has 154 valence electrons. The zero-order valence-corrected chi connectivity index (χ0v) is 17.3. The lowest BCUT2D eigenvalue weighted by atomic mass is 9.91. The van der Waals surface area contributed by atoms with Crippen LogP contribution in [0.15, 0.2) is 57.8 Å². The van der Waals surface area contributed by atoms with Gasteiger partial charge in [-0.05, 0) is 24.0 Å². The predicted molar refractivity (Wildman–Crippen MR) is 116 cm³/mol. The van der Waals surface area contributed by atoms with E-state index in [0.717, 1.165) is 11.1 Å². The zero-order chi connectivity index (χ0) is 21.6. The van der Waals surface area contributed by atoms with E-state index in [0.29, 0.717) is 28.7 Å². The van der Waals surface area contributed by atoms with Crippen molar-refractivity contribution in [1.82, 2.24) is 0 Å². The summed E-state index contributed by atoms with van der Waals surface area (Å²) in [4.78, 5) is 25.5. The summed E-state index contributed by atoms with van der Waals surface area (Å²) in [6.45, 7) is 9.70. The Morgan fingerprint density at radius 1 is 1.27 bits per heavy atom. The number of phenols is 1. The summed E-state index contributed by atoms with van der Waals surface area (Å²) >= 11 is 0. The van der Waals surface area contributed by atoms with Crippen molar-refractivity contribution in [2.24, 2.45) is 5.92 Å². The first kappa shape index (κ1) is 20.0. The minimum atomic E-state index is -0.525. The normalized spacial score (nSPS) is 15.3. The monoisotopic (exact) mass is 404 g/mol. The molecule has 0 saturated carbocycles. The first-order valence-corrected chi connectivity index (χ1v) is 10.0. The molecule has 0 aliphatic carbocycles. The molecule has 30 heavy (non-hydrogen) atoms. The summed E-state index contributed by atoms with van der Waals surface area (Å²) in [7, 11) is 0. The van der Waals surface area contributed by atoms with Gasteiger partial charge in [0, 0.05) is 30.0 Å². The molecule has 2 aromatic carbocycles. The summed E-state index contributed by atoms with van der Waals surface area (Å²) in [6, 6.07) is 10.6. The van der Waals surface area contributed by atoms with Gasteiger partial charge in [0.25, 0.3) is 0 Å². The molecule has 5 heteroatoms. The van der Waals surface area contributed by atoms with E-state index >= 15 is 0 Å². The van der Waals surface area contributed by atoms with Crippen LogP contribution in [0, 0.1) is 5.92 Å². The highest BCUT2D eigenvalue weighted by atomic mass is 16.5. The van der Waals surface area contributed by atoms with Crippen LogP contribution in [0.4, 0.5) is 0 Å². The molecule has 0 fully saturated rings. The van der Waals surface area contributed by atoms with Gasteiger partial charge in [-0.3, -0.25) is 4.79 Å². The highest BCUT2D eigenvalue weighted by Crippen LogP contribution is 2.48. The number of ketones is 1. The van der Waals surface area contributed by atoms with Gasteiger partial charge in [-0.15, -0.1) is 0 Å². The Kier molecular flexibility index (Phi) is 4.98. The Hall–Kier alpha value is -3.34. The third-order valence-electron chi connectivity index (χ3n) is 5.37. The molecule has 1 unspecified atom stereocenters. The lowest BCUT2D eigenvalue weighted by Gasteiger charge is -2.16. The van der Waals surface area contributed by atoms with Crippen molar-refractivity contribution >= 4 is 16.8 Å². The van der Waals surface area contributed by atoms with Crippen LogP contribution in [0.25, 0.3) is 22.1 Å². The lowest BCUT2D eigenvalue weighted by Crippen LogP contribution is -2.14. The lowest BCUT2D eigenvalue weighted by molar-refractivity contribution is 0.0961. The van der Waals surface area contributed by atoms with Gasteiger partial charge in [-0.2, -0.15) is 0 Å². The van der Waals surface area contributed by atoms with Gasteiger partial charge in [0.15, 0.2) is 5.78 Å². The highest BCUT2D eigenvalue weighted by Gasteiger charge is 2.35. The second-order valence-electron chi connectivity index (χ2n) is 8.26. The average Bonchev–Trinajstić information content (AvgIpc) is 3.13. The van der Waals surface area contributed by atoms with Gasteiger partial charge >= 0.3 is 5.63 Å². The summed E-state index contributed by atoms with van der Waals surface area (Å²) in [5.41, 5.74) is 2.59. The molecule has 0 bridgehead atoms. The Labute approximate surface area is 174 Å². The van der Waals surface area contributed by atoms with Crippen molar-refractivity contribution in [2.45, 2.75) is 39.7 Å². The molecular formula is C25H24O5. The fourth-order valence-electron chi connectivity index (χ4n) is 3.96. The Bertz CT molecular complexity index is 1220. The van der Waals surface area contributed by atoms with E-state index < -0.39 is 5.63 Å². The van der Waals surface area contributed by atoms with Crippen LogP contribution in [0.5, 0.6) is 11.5 Å². The molecule has 4 rings (SSSR count). The van der Waals surface area contributed by atoms with Gasteiger partial charge in [-0.1, -0.05) is 50.8 Å². The maximum absolute atomic E-state index is 13.1. The molecule has 1 atom stereocenters. The number of phenolic OH excluding ortho intramolecular Hbond substituents is 1. The topological polar surface area (TPSA) is 76.7 Å². The number of carbonyl (C=O) groups is 1. The number of benzene rings is 2. The van der Waals surface area contributed by atoms with Gasteiger partial charge in [-0.25, -0.2) is 4.79 Å². The van der Waals surface area contributed by atoms with E-state index in [-0.39, 0.29) is 41.1 Å². The molecule has 1 aliphatic heterocycles. The molecule has 0 saturated heterocycles. The number of Topliss-reactive ketones (excluding diaryl/α,β-unsaturated/α-hetero) is 1. The predicted octanol–water partition coefficient (Wildman–Crippen LogP) is 5.27. The number of fused-ring (bicyclic) bond motifs is 3. The van der Waals surface area contributed by atoms with Crippen molar-refractivity contribution in [1.29, 1.82) is 0 Å². The third-order valence-corrected chi connectivity index (χ3v) is 5.37.